The predicted octanol–water partition coefficient (Wildman–Crippen LogP) is 6.87. The highest BCUT2D eigenvalue weighted by Crippen LogP contribution is 2.19. The zero-order valence-electron chi connectivity index (χ0n) is 30.8. The van der Waals surface area contributed by atoms with E-state index in [2.05, 4.69) is 98.1 Å². The van der Waals surface area contributed by atoms with Crippen LogP contribution in [0, 0.1) is 0 Å². The molecule has 4 rings (SSSR count). The van der Waals surface area contributed by atoms with Crippen molar-refractivity contribution >= 4 is 75.0 Å². The van der Waals surface area contributed by atoms with Gasteiger partial charge in [-0.15, -0.1) is 0 Å². The predicted molar refractivity (Wildman–Crippen MR) is 222 cm³/mol. The maximum Gasteiger partial charge on any atom is 0.221 e. The smallest absolute Gasteiger partial charge is 0.221 e. The van der Waals surface area contributed by atoms with Crippen molar-refractivity contribution in [1.82, 2.24) is 10.6 Å². The SMILES string of the molecule is CCNc1ccc(C=Cc2cccc[n+]2CCCC(=O)NCCSSCCNC(=O)CCC[n+]2ccccc2C=Cc2ccc(NC(C)=O)cc2)cc1. The van der Waals surface area contributed by atoms with Crippen LogP contribution in [0.1, 0.15) is 62.0 Å². The Hall–Kier alpha value is -4.87. The van der Waals surface area contributed by atoms with Crippen molar-refractivity contribution in [1.29, 1.82) is 0 Å². The summed E-state index contributed by atoms with van der Waals surface area (Å²) in [5, 5.41) is 12.1. The summed E-state index contributed by atoms with van der Waals surface area (Å²) < 4.78 is 4.32. The second-order valence-corrected chi connectivity index (χ2v) is 15.0. The highest BCUT2D eigenvalue weighted by atomic mass is 33.1. The van der Waals surface area contributed by atoms with Gasteiger partial charge in [0.2, 0.25) is 29.1 Å². The molecule has 11 heteroatoms. The summed E-state index contributed by atoms with van der Waals surface area (Å²) in [6.45, 7) is 7.23. The van der Waals surface area contributed by atoms with Gasteiger partial charge < -0.3 is 21.3 Å². The topological polar surface area (TPSA) is 107 Å². The van der Waals surface area contributed by atoms with Crippen LogP contribution in [-0.4, -0.2) is 48.9 Å². The van der Waals surface area contributed by atoms with Gasteiger partial charge in [0, 0.05) is 112 Å². The fourth-order valence-electron chi connectivity index (χ4n) is 5.43. The monoisotopic (exact) mass is 752 g/mol. The summed E-state index contributed by atoms with van der Waals surface area (Å²) in [7, 11) is 3.41. The lowest BCUT2D eigenvalue weighted by Gasteiger charge is -2.06. The van der Waals surface area contributed by atoms with Crippen molar-refractivity contribution in [2.24, 2.45) is 0 Å². The summed E-state index contributed by atoms with van der Waals surface area (Å²) in [5.74, 6) is 1.67. The van der Waals surface area contributed by atoms with Gasteiger partial charge in [-0.3, -0.25) is 14.4 Å². The summed E-state index contributed by atoms with van der Waals surface area (Å²) in [4.78, 5) is 36.1. The standard InChI is InChI=1S/C42H50N6O3S2/c1-3-43-37-20-14-35(15-21-37)18-24-39-10-4-6-28-47(39)30-8-12-41(50)44-26-32-52-53-33-27-45-42(51)13-9-31-48-29-7-5-11-40(48)25-19-36-16-22-38(23-17-36)46-34(2)49/h4-7,10-11,14-25,28-29H,3,8-9,12-13,26-27,30-33H2,1-2H3,(H2,44,45,50,51)/p+2. The summed E-state index contributed by atoms with van der Waals surface area (Å²) in [5.41, 5.74) is 6.21. The number of carbonyl (C=O) groups is 3. The molecule has 0 saturated carbocycles. The molecule has 278 valence electrons. The van der Waals surface area contributed by atoms with Gasteiger partial charge in [-0.2, -0.15) is 9.13 Å². The van der Waals surface area contributed by atoms with E-state index in [0.717, 1.165) is 77.9 Å². The molecule has 4 N–H and O–H groups in total. The minimum absolute atomic E-state index is 0.0578. The van der Waals surface area contributed by atoms with Gasteiger partial charge in [0.25, 0.3) is 0 Å². The minimum atomic E-state index is -0.0911. The minimum Gasteiger partial charge on any atom is -0.385 e. The molecule has 0 saturated heterocycles. The second kappa shape index (κ2) is 23.6. The Labute approximate surface area is 322 Å². The number of aryl methyl sites for hydroxylation is 2. The van der Waals surface area contributed by atoms with Crippen LogP contribution in [0.3, 0.4) is 0 Å². The number of rotatable bonds is 22. The quantitative estimate of drug-likeness (QED) is 0.0397. The highest BCUT2D eigenvalue weighted by molar-refractivity contribution is 8.76. The van der Waals surface area contributed by atoms with E-state index in [1.165, 1.54) is 6.92 Å². The van der Waals surface area contributed by atoms with Crippen LogP contribution in [0.4, 0.5) is 11.4 Å². The maximum absolute atomic E-state index is 12.4. The molecule has 0 spiro atoms. The first-order valence-electron chi connectivity index (χ1n) is 18.2. The van der Waals surface area contributed by atoms with Gasteiger partial charge >= 0.3 is 0 Å². The van der Waals surface area contributed by atoms with Crippen LogP contribution in [0.2, 0.25) is 0 Å². The van der Waals surface area contributed by atoms with Gasteiger partial charge in [0.1, 0.15) is 13.1 Å². The van der Waals surface area contributed by atoms with Crippen LogP contribution in [0.15, 0.2) is 97.3 Å². The van der Waals surface area contributed by atoms with E-state index in [-0.39, 0.29) is 17.7 Å². The fourth-order valence-corrected chi connectivity index (χ4v) is 7.24. The number of hydrogen-bond acceptors (Lipinski definition) is 6. The van der Waals surface area contributed by atoms with Gasteiger partial charge in [-0.1, -0.05) is 45.9 Å². The lowest BCUT2D eigenvalue weighted by Crippen LogP contribution is -2.37. The molecule has 2 aromatic heterocycles. The molecule has 0 aliphatic heterocycles. The van der Waals surface area contributed by atoms with E-state index in [1.54, 1.807) is 21.6 Å². The molecule has 0 unspecified atom stereocenters. The Kier molecular flexibility index (Phi) is 18.2. The zero-order chi connectivity index (χ0) is 37.5. The first kappa shape index (κ1) is 40.9. The maximum atomic E-state index is 12.4. The zero-order valence-corrected chi connectivity index (χ0v) is 32.4. The molecule has 9 nitrogen and oxygen atoms in total. The number of carbonyl (C=O) groups excluding carboxylic acids is 3. The fraction of sp³-hybridized carbons (Fsp3) is 0.310. The average molecular weight is 753 g/mol. The molecule has 0 aliphatic carbocycles. The van der Waals surface area contributed by atoms with Crippen LogP contribution in [0.5, 0.6) is 0 Å². The second-order valence-electron chi connectivity index (χ2n) is 12.3. The lowest BCUT2D eigenvalue weighted by atomic mass is 10.1. The normalized spacial score (nSPS) is 11.1. The van der Waals surface area contributed by atoms with Crippen LogP contribution in [0.25, 0.3) is 24.3 Å². The van der Waals surface area contributed by atoms with Crippen molar-refractivity contribution in [2.75, 3.05) is 41.8 Å². The van der Waals surface area contributed by atoms with Gasteiger partial charge in [0.05, 0.1) is 0 Å². The molecule has 0 radical (unpaired) electrons. The summed E-state index contributed by atoms with van der Waals surface area (Å²) in [6.07, 6.45) is 14.9. The van der Waals surface area contributed by atoms with E-state index >= 15 is 0 Å². The van der Waals surface area contributed by atoms with E-state index in [1.807, 2.05) is 60.8 Å². The molecule has 0 fully saturated rings. The van der Waals surface area contributed by atoms with E-state index in [4.69, 9.17) is 0 Å². The number of benzene rings is 2. The Morgan fingerprint density at radius 1 is 0.623 bits per heavy atom. The Morgan fingerprint density at radius 2 is 1.09 bits per heavy atom. The molecule has 0 bridgehead atoms. The largest absolute Gasteiger partial charge is 0.385 e. The average Bonchev–Trinajstić information content (AvgIpc) is 3.16. The number of nitrogens with one attached hydrogen (secondary N) is 4. The van der Waals surface area contributed by atoms with Crippen molar-refractivity contribution < 1.29 is 23.5 Å². The molecule has 53 heavy (non-hydrogen) atoms. The molecule has 4 aromatic rings. The number of amides is 3. The summed E-state index contributed by atoms with van der Waals surface area (Å²) in [6, 6.07) is 28.2. The first-order chi connectivity index (χ1) is 25.9. The van der Waals surface area contributed by atoms with E-state index in [0.29, 0.717) is 25.9 Å². The highest BCUT2D eigenvalue weighted by Gasteiger charge is 2.10. The van der Waals surface area contributed by atoms with Crippen LogP contribution < -0.4 is 30.4 Å². The molecule has 2 aromatic carbocycles. The first-order valence-corrected chi connectivity index (χ1v) is 20.7. The van der Waals surface area contributed by atoms with Gasteiger partial charge in [0.15, 0.2) is 12.4 Å². The third-order valence-corrected chi connectivity index (χ3v) is 10.5. The van der Waals surface area contributed by atoms with E-state index in [9.17, 15) is 14.4 Å². The molecular weight excluding hydrogens is 701 g/mol. The van der Waals surface area contributed by atoms with Crippen molar-refractivity contribution in [3.8, 4) is 0 Å². The third kappa shape index (κ3) is 16.1. The van der Waals surface area contributed by atoms with E-state index < -0.39 is 0 Å². The molecule has 0 aliphatic rings. The van der Waals surface area contributed by atoms with Gasteiger partial charge in [-0.05, 0) is 66.6 Å². The number of pyridine rings is 2. The van der Waals surface area contributed by atoms with Crippen molar-refractivity contribution in [3.63, 3.8) is 0 Å². The van der Waals surface area contributed by atoms with Crippen molar-refractivity contribution in [3.05, 3.63) is 120 Å². The number of anilines is 2. The van der Waals surface area contributed by atoms with Crippen molar-refractivity contribution in [2.45, 2.75) is 52.6 Å². The molecule has 0 atom stereocenters. The molecule has 3 amide bonds. The molecular formula is C42H52N6O3S2+2. The Bertz CT molecular complexity index is 1800. The Balaban J connectivity index is 1.02. The number of hydrogen-bond donors (Lipinski definition) is 4. The summed E-state index contributed by atoms with van der Waals surface area (Å²) >= 11 is 0. The lowest BCUT2D eigenvalue weighted by molar-refractivity contribution is -0.699. The number of nitrogens with zero attached hydrogens (tertiary/aromatic N) is 2. The van der Waals surface area contributed by atoms with Gasteiger partial charge in [-0.25, -0.2) is 0 Å². The van der Waals surface area contributed by atoms with Crippen LogP contribution in [-0.2, 0) is 27.5 Å². The third-order valence-electron chi connectivity index (χ3n) is 8.07. The van der Waals surface area contributed by atoms with Crippen LogP contribution >= 0.6 is 21.6 Å². The number of aromatic nitrogens is 2. The Morgan fingerprint density at radius 3 is 1.55 bits per heavy atom. The molecule has 2 heterocycles.